The predicted molar refractivity (Wildman–Crippen MR) is 53.4 cm³/mol. The second-order valence-corrected chi connectivity index (χ2v) is 5.29. The minimum absolute atomic E-state index is 0.551. The SMILES string of the molecule is CC(C)C1CCC(C)(O)C(C)(O)C1. The summed E-state index contributed by atoms with van der Waals surface area (Å²) in [6, 6.07) is 0. The van der Waals surface area contributed by atoms with Crippen LogP contribution in [0.25, 0.3) is 0 Å². The minimum atomic E-state index is -0.916. The largest absolute Gasteiger partial charge is 0.387 e. The summed E-state index contributed by atoms with van der Waals surface area (Å²) in [7, 11) is 0. The standard InChI is InChI=1S/C11H22O2/c1-8(2)9-5-6-10(3,12)11(4,13)7-9/h8-9,12-13H,5-7H2,1-4H3. The van der Waals surface area contributed by atoms with Crippen LogP contribution in [0.1, 0.15) is 47.0 Å². The van der Waals surface area contributed by atoms with Gasteiger partial charge in [0.15, 0.2) is 0 Å². The smallest absolute Gasteiger partial charge is 0.0905 e. The highest BCUT2D eigenvalue weighted by Gasteiger charge is 2.46. The van der Waals surface area contributed by atoms with E-state index in [1.165, 1.54) is 0 Å². The van der Waals surface area contributed by atoms with Crippen LogP contribution < -0.4 is 0 Å². The number of rotatable bonds is 1. The van der Waals surface area contributed by atoms with E-state index >= 15 is 0 Å². The molecule has 3 unspecified atom stereocenters. The van der Waals surface area contributed by atoms with E-state index in [0.717, 1.165) is 12.8 Å². The fourth-order valence-corrected chi connectivity index (χ4v) is 2.14. The van der Waals surface area contributed by atoms with Crippen molar-refractivity contribution >= 4 is 0 Å². The van der Waals surface area contributed by atoms with Gasteiger partial charge in [-0.1, -0.05) is 13.8 Å². The molecule has 2 heteroatoms. The third-order valence-electron chi connectivity index (χ3n) is 3.76. The summed E-state index contributed by atoms with van der Waals surface area (Å²) in [5.41, 5.74) is -1.82. The Labute approximate surface area is 81.0 Å². The molecule has 0 aromatic carbocycles. The molecule has 2 N–H and O–H groups in total. The molecule has 0 heterocycles. The number of aliphatic hydroxyl groups is 2. The van der Waals surface area contributed by atoms with Crippen molar-refractivity contribution in [2.45, 2.75) is 58.2 Å². The molecular weight excluding hydrogens is 164 g/mol. The summed E-state index contributed by atoms with van der Waals surface area (Å²) in [6.45, 7) is 7.85. The first kappa shape index (κ1) is 11.0. The van der Waals surface area contributed by atoms with Gasteiger partial charge in [0.1, 0.15) is 0 Å². The zero-order valence-corrected chi connectivity index (χ0v) is 9.17. The topological polar surface area (TPSA) is 40.5 Å². The van der Waals surface area contributed by atoms with Crippen LogP contribution >= 0.6 is 0 Å². The third-order valence-corrected chi connectivity index (χ3v) is 3.76. The monoisotopic (exact) mass is 186 g/mol. The van der Waals surface area contributed by atoms with Crippen LogP contribution in [0.5, 0.6) is 0 Å². The lowest BCUT2D eigenvalue weighted by atomic mass is 9.67. The predicted octanol–water partition coefficient (Wildman–Crippen LogP) is 1.94. The summed E-state index contributed by atoms with van der Waals surface area (Å²) in [6.07, 6.45) is 2.46. The highest BCUT2D eigenvalue weighted by atomic mass is 16.4. The summed E-state index contributed by atoms with van der Waals surface area (Å²) in [5.74, 6) is 1.15. The van der Waals surface area contributed by atoms with Crippen molar-refractivity contribution in [3.63, 3.8) is 0 Å². The highest BCUT2D eigenvalue weighted by Crippen LogP contribution is 2.42. The third kappa shape index (κ3) is 2.05. The van der Waals surface area contributed by atoms with Gasteiger partial charge in [-0.25, -0.2) is 0 Å². The van der Waals surface area contributed by atoms with Gasteiger partial charge in [0.2, 0.25) is 0 Å². The van der Waals surface area contributed by atoms with E-state index in [0.29, 0.717) is 18.3 Å². The normalized spacial score (nSPS) is 46.8. The van der Waals surface area contributed by atoms with Gasteiger partial charge in [0, 0.05) is 0 Å². The molecule has 1 rings (SSSR count). The maximum Gasteiger partial charge on any atom is 0.0905 e. The minimum Gasteiger partial charge on any atom is -0.387 e. The van der Waals surface area contributed by atoms with Crippen molar-refractivity contribution in [2.24, 2.45) is 11.8 Å². The van der Waals surface area contributed by atoms with Crippen molar-refractivity contribution in [2.75, 3.05) is 0 Å². The number of hydrogen-bond donors (Lipinski definition) is 2. The Morgan fingerprint density at radius 3 is 2.08 bits per heavy atom. The molecule has 0 amide bonds. The van der Waals surface area contributed by atoms with E-state index in [9.17, 15) is 10.2 Å². The molecule has 0 bridgehead atoms. The molecule has 1 fully saturated rings. The van der Waals surface area contributed by atoms with Gasteiger partial charge in [0.05, 0.1) is 11.2 Å². The van der Waals surface area contributed by atoms with E-state index in [1.807, 2.05) is 0 Å². The summed E-state index contributed by atoms with van der Waals surface area (Å²) < 4.78 is 0. The molecule has 1 aliphatic carbocycles. The van der Waals surface area contributed by atoms with Gasteiger partial charge in [-0.15, -0.1) is 0 Å². The fourth-order valence-electron chi connectivity index (χ4n) is 2.14. The molecule has 0 aliphatic heterocycles. The Balaban J connectivity index is 2.71. The van der Waals surface area contributed by atoms with Crippen LogP contribution in [0, 0.1) is 11.8 Å². The van der Waals surface area contributed by atoms with Gasteiger partial charge in [-0.3, -0.25) is 0 Å². The Hall–Kier alpha value is -0.0800. The van der Waals surface area contributed by atoms with Crippen molar-refractivity contribution in [3.8, 4) is 0 Å². The molecule has 1 aliphatic rings. The van der Waals surface area contributed by atoms with Crippen LogP contribution in [0.15, 0.2) is 0 Å². The molecular formula is C11H22O2. The number of hydrogen-bond acceptors (Lipinski definition) is 2. The van der Waals surface area contributed by atoms with Crippen LogP contribution in [-0.4, -0.2) is 21.4 Å². The Kier molecular flexibility index (Phi) is 2.75. The first-order chi connectivity index (χ1) is 5.76. The van der Waals surface area contributed by atoms with Crippen molar-refractivity contribution < 1.29 is 10.2 Å². The maximum atomic E-state index is 10.1. The molecule has 3 atom stereocenters. The quantitative estimate of drug-likeness (QED) is 0.657. The molecule has 0 aromatic heterocycles. The summed E-state index contributed by atoms with van der Waals surface area (Å²) in [5, 5.41) is 20.0. The van der Waals surface area contributed by atoms with Crippen LogP contribution in [-0.2, 0) is 0 Å². The van der Waals surface area contributed by atoms with Crippen molar-refractivity contribution in [1.82, 2.24) is 0 Å². The zero-order valence-electron chi connectivity index (χ0n) is 9.17. The summed E-state index contributed by atoms with van der Waals surface area (Å²) in [4.78, 5) is 0. The van der Waals surface area contributed by atoms with Crippen LogP contribution in [0.2, 0.25) is 0 Å². The lowest BCUT2D eigenvalue weighted by Gasteiger charge is -2.46. The second kappa shape index (κ2) is 3.25. The summed E-state index contributed by atoms with van der Waals surface area (Å²) >= 11 is 0. The molecule has 0 radical (unpaired) electrons. The molecule has 1 saturated carbocycles. The van der Waals surface area contributed by atoms with Crippen LogP contribution in [0.4, 0.5) is 0 Å². The first-order valence-corrected chi connectivity index (χ1v) is 5.21. The zero-order chi connectivity index (χ0) is 10.3. The molecule has 0 aromatic rings. The first-order valence-electron chi connectivity index (χ1n) is 5.21. The molecule has 0 saturated heterocycles. The van der Waals surface area contributed by atoms with Gasteiger partial charge < -0.3 is 10.2 Å². The van der Waals surface area contributed by atoms with Gasteiger partial charge >= 0.3 is 0 Å². The second-order valence-electron chi connectivity index (χ2n) is 5.29. The Morgan fingerprint density at radius 2 is 1.69 bits per heavy atom. The van der Waals surface area contributed by atoms with E-state index in [-0.39, 0.29) is 0 Å². The van der Waals surface area contributed by atoms with E-state index < -0.39 is 11.2 Å². The van der Waals surface area contributed by atoms with E-state index in [1.54, 1.807) is 13.8 Å². The van der Waals surface area contributed by atoms with E-state index in [4.69, 9.17) is 0 Å². The van der Waals surface area contributed by atoms with Crippen molar-refractivity contribution in [1.29, 1.82) is 0 Å². The molecule has 0 spiro atoms. The molecule has 2 nitrogen and oxygen atoms in total. The Morgan fingerprint density at radius 1 is 1.15 bits per heavy atom. The van der Waals surface area contributed by atoms with Crippen LogP contribution in [0.3, 0.4) is 0 Å². The highest BCUT2D eigenvalue weighted by molar-refractivity contribution is 4.99. The maximum absolute atomic E-state index is 10.1. The molecule has 13 heavy (non-hydrogen) atoms. The van der Waals surface area contributed by atoms with Crippen molar-refractivity contribution in [3.05, 3.63) is 0 Å². The molecule has 78 valence electrons. The average Bonchev–Trinajstić information content (AvgIpc) is 1.94. The van der Waals surface area contributed by atoms with E-state index in [2.05, 4.69) is 13.8 Å². The fraction of sp³-hybridized carbons (Fsp3) is 1.00. The lowest BCUT2D eigenvalue weighted by Crippen LogP contribution is -2.54. The van der Waals surface area contributed by atoms with Gasteiger partial charge in [-0.05, 0) is 44.9 Å². The average molecular weight is 186 g/mol. The lowest BCUT2D eigenvalue weighted by molar-refractivity contribution is -0.168. The Bertz CT molecular complexity index is 183. The van der Waals surface area contributed by atoms with Gasteiger partial charge in [0.25, 0.3) is 0 Å². The van der Waals surface area contributed by atoms with Gasteiger partial charge in [-0.2, -0.15) is 0 Å².